The molecule has 0 aliphatic rings. The molecule has 0 fully saturated rings. The van der Waals surface area contributed by atoms with Gasteiger partial charge in [0, 0.05) is 14.8 Å². The first-order valence-corrected chi connectivity index (χ1v) is 4.20. The van der Waals surface area contributed by atoms with E-state index in [1.807, 2.05) is 5.38 Å². The van der Waals surface area contributed by atoms with E-state index in [9.17, 15) is 10.1 Å². The molecule has 1 aromatic heterocycles. The first-order valence-electron chi connectivity index (χ1n) is 2.53. The van der Waals surface area contributed by atoms with Crippen LogP contribution in [0.5, 0.6) is 0 Å². The molecule has 0 N–H and O–H groups in total. The number of hydrogen-bond acceptors (Lipinski definition) is 3. The van der Waals surface area contributed by atoms with Gasteiger partial charge in [0.2, 0.25) is 6.54 Å². The molecule has 10 heavy (non-hydrogen) atoms. The van der Waals surface area contributed by atoms with Crippen molar-refractivity contribution in [1.29, 1.82) is 0 Å². The molecule has 0 amide bonds. The third kappa shape index (κ3) is 2.07. The summed E-state index contributed by atoms with van der Waals surface area (Å²) in [4.78, 5) is 10.4. The highest BCUT2D eigenvalue weighted by atomic mass is 79.9. The molecule has 0 saturated heterocycles. The van der Waals surface area contributed by atoms with Crippen molar-refractivity contribution >= 4 is 27.3 Å². The summed E-state index contributed by atoms with van der Waals surface area (Å²) in [5.41, 5.74) is 0. The fourth-order valence-electron chi connectivity index (χ4n) is 0.564. The first-order chi connectivity index (χ1) is 4.68. The number of nitro groups is 1. The molecule has 0 unspecified atom stereocenters. The fraction of sp³-hybridized carbons (Fsp3) is 0.200. The summed E-state index contributed by atoms with van der Waals surface area (Å²) in [5.74, 6) is 0. The van der Waals surface area contributed by atoms with Gasteiger partial charge in [0.15, 0.2) is 0 Å². The zero-order valence-corrected chi connectivity index (χ0v) is 7.31. The highest BCUT2D eigenvalue weighted by Crippen LogP contribution is 2.19. The van der Waals surface area contributed by atoms with Gasteiger partial charge in [-0.05, 0) is 22.0 Å². The van der Waals surface area contributed by atoms with Gasteiger partial charge in [0.1, 0.15) is 0 Å². The lowest BCUT2D eigenvalue weighted by atomic mass is 10.5. The minimum absolute atomic E-state index is 0.0731. The molecule has 54 valence electrons. The van der Waals surface area contributed by atoms with Gasteiger partial charge < -0.3 is 0 Å². The average molecular weight is 222 g/mol. The van der Waals surface area contributed by atoms with Crippen molar-refractivity contribution in [1.82, 2.24) is 0 Å². The van der Waals surface area contributed by atoms with E-state index in [-0.39, 0.29) is 11.5 Å². The standard InChI is InChI=1S/C5H4BrNO2S/c6-4-1-5(10-3-4)2-7(8)9/h1,3H,2H2. The molecule has 0 radical (unpaired) electrons. The number of thiophene rings is 1. The maximum Gasteiger partial charge on any atom is 0.237 e. The third-order valence-corrected chi connectivity index (χ3v) is 2.59. The summed E-state index contributed by atoms with van der Waals surface area (Å²) in [5, 5.41) is 11.8. The van der Waals surface area contributed by atoms with Gasteiger partial charge in [-0.15, -0.1) is 11.3 Å². The smallest absolute Gasteiger partial charge is 0.237 e. The molecule has 1 aromatic rings. The molecule has 3 nitrogen and oxygen atoms in total. The first kappa shape index (κ1) is 7.68. The normalized spacial score (nSPS) is 9.70. The fourth-order valence-corrected chi connectivity index (χ4v) is 1.98. The van der Waals surface area contributed by atoms with Crippen LogP contribution in [-0.4, -0.2) is 4.92 Å². The second-order valence-electron chi connectivity index (χ2n) is 1.72. The van der Waals surface area contributed by atoms with Crippen LogP contribution in [0.4, 0.5) is 0 Å². The molecule has 1 heterocycles. The quantitative estimate of drug-likeness (QED) is 0.569. The lowest BCUT2D eigenvalue weighted by Gasteiger charge is -1.84. The van der Waals surface area contributed by atoms with E-state index in [1.54, 1.807) is 6.07 Å². The Balaban J connectivity index is 2.67. The Bertz CT molecular complexity index is 248. The summed E-state index contributed by atoms with van der Waals surface area (Å²) in [6, 6.07) is 1.76. The van der Waals surface area contributed by atoms with Gasteiger partial charge in [-0.2, -0.15) is 0 Å². The monoisotopic (exact) mass is 221 g/mol. The van der Waals surface area contributed by atoms with E-state index in [0.29, 0.717) is 0 Å². The van der Waals surface area contributed by atoms with Crippen LogP contribution in [-0.2, 0) is 6.54 Å². The van der Waals surface area contributed by atoms with E-state index in [1.165, 1.54) is 11.3 Å². The highest BCUT2D eigenvalue weighted by Gasteiger charge is 2.02. The Morgan fingerprint density at radius 1 is 1.80 bits per heavy atom. The largest absolute Gasteiger partial charge is 0.264 e. The SMILES string of the molecule is O=[N+]([O-])Cc1cc(Br)cs1. The molecule has 0 spiro atoms. The van der Waals surface area contributed by atoms with Crippen LogP contribution in [0.2, 0.25) is 0 Å². The topological polar surface area (TPSA) is 43.1 Å². The summed E-state index contributed by atoms with van der Waals surface area (Å²) in [7, 11) is 0. The van der Waals surface area contributed by atoms with Gasteiger partial charge in [-0.1, -0.05) is 0 Å². The molecule has 0 bridgehead atoms. The van der Waals surface area contributed by atoms with Crippen LogP contribution >= 0.6 is 27.3 Å². The Morgan fingerprint density at radius 2 is 2.50 bits per heavy atom. The molecule has 0 aliphatic heterocycles. The van der Waals surface area contributed by atoms with E-state index in [0.717, 1.165) is 9.35 Å². The van der Waals surface area contributed by atoms with Crippen LogP contribution in [0.1, 0.15) is 4.88 Å². The van der Waals surface area contributed by atoms with E-state index in [4.69, 9.17) is 0 Å². The number of nitrogens with zero attached hydrogens (tertiary/aromatic N) is 1. The van der Waals surface area contributed by atoms with Gasteiger partial charge >= 0.3 is 0 Å². The van der Waals surface area contributed by atoms with Crippen LogP contribution < -0.4 is 0 Å². The molecular formula is C5H4BrNO2S. The summed E-state index contributed by atoms with van der Waals surface area (Å²) in [6.45, 7) is -0.0731. The molecule has 5 heteroatoms. The third-order valence-electron chi connectivity index (χ3n) is 0.907. The summed E-state index contributed by atoms with van der Waals surface area (Å²) < 4.78 is 0.911. The Kier molecular flexibility index (Phi) is 2.39. The minimum Gasteiger partial charge on any atom is -0.264 e. The van der Waals surface area contributed by atoms with Crippen molar-refractivity contribution in [3.05, 3.63) is 30.9 Å². The summed E-state index contributed by atoms with van der Waals surface area (Å²) >= 11 is 4.60. The molecule has 0 aliphatic carbocycles. The Labute approximate surface area is 70.0 Å². The van der Waals surface area contributed by atoms with E-state index >= 15 is 0 Å². The minimum atomic E-state index is -0.335. The second-order valence-corrected chi connectivity index (χ2v) is 3.63. The Hall–Kier alpha value is -0.420. The number of rotatable bonds is 2. The predicted octanol–water partition coefficient (Wildman–Crippen LogP) is 2.29. The van der Waals surface area contributed by atoms with Crippen LogP contribution in [0.15, 0.2) is 15.9 Å². The summed E-state index contributed by atoms with van der Waals surface area (Å²) in [6.07, 6.45) is 0. The van der Waals surface area contributed by atoms with Gasteiger partial charge in [0.25, 0.3) is 0 Å². The second kappa shape index (κ2) is 3.12. The van der Waals surface area contributed by atoms with Crippen LogP contribution in [0.3, 0.4) is 0 Å². The zero-order chi connectivity index (χ0) is 7.56. The van der Waals surface area contributed by atoms with Crippen molar-refractivity contribution < 1.29 is 4.92 Å². The number of halogens is 1. The molecule has 0 saturated carbocycles. The average Bonchev–Trinajstić information content (AvgIpc) is 2.13. The van der Waals surface area contributed by atoms with Gasteiger partial charge in [-0.3, -0.25) is 10.1 Å². The van der Waals surface area contributed by atoms with Crippen LogP contribution in [0.25, 0.3) is 0 Å². The molecule has 0 atom stereocenters. The van der Waals surface area contributed by atoms with E-state index in [2.05, 4.69) is 15.9 Å². The molecule has 1 rings (SSSR count). The van der Waals surface area contributed by atoms with Crippen LogP contribution in [0, 0.1) is 10.1 Å². The Morgan fingerprint density at radius 3 is 2.90 bits per heavy atom. The van der Waals surface area contributed by atoms with Crippen molar-refractivity contribution in [3.63, 3.8) is 0 Å². The molecule has 0 aromatic carbocycles. The zero-order valence-electron chi connectivity index (χ0n) is 4.91. The van der Waals surface area contributed by atoms with Crippen molar-refractivity contribution in [2.24, 2.45) is 0 Å². The van der Waals surface area contributed by atoms with Gasteiger partial charge in [0.05, 0.1) is 4.88 Å². The van der Waals surface area contributed by atoms with Crippen molar-refractivity contribution in [3.8, 4) is 0 Å². The number of hydrogen-bond donors (Lipinski definition) is 0. The maximum atomic E-state index is 9.97. The van der Waals surface area contributed by atoms with Crippen molar-refractivity contribution in [2.45, 2.75) is 6.54 Å². The predicted molar refractivity (Wildman–Crippen MR) is 42.7 cm³/mol. The lowest BCUT2D eigenvalue weighted by molar-refractivity contribution is -0.496. The van der Waals surface area contributed by atoms with Gasteiger partial charge in [-0.25, -0.2) is 0 Å². The van der Waals surface area contributed by atoms with Crippen molar-refractivity contribution in [2.75, 3.05) is 0 Å². The maximum absolute atomic E-state index is 9.97. The molecular weight excluding hydrogens is 218 g/mol. The van der Waals surface area contributed by atoms with E-state index < -0.39 is 0 Å². The highest BCUT2D eigenvalue weighted by molar-refractivity contribution is 9.10. The lowest BCUT2D eigenvalue weighted by Crippen LogP contribution is -1.94.